The molecule has 0 radical (unpaired) electrons. The zero-order valence-electron chi connectivity index (χ0n) is 39.5. The topological polar surface area (TPSA) is 95.9 Å². The fourth-order valence-corrected chi connectivity index (χ4v) is 7.92. The lowest BCUT2D eigenvalue weighted by Gasteiger charge is -2.20. The number of amides is 1. The number of hydrogen-bond acceptors (Lipinski definition) is 5. The molecule has 0 rings (SSSR count). The summed E-state index contributed by atoms with van der Waals surface area (Å²) in [5.74, 6) is -0.0824. The second-order valence-electron chi connectivity index (χ2n) is 17.9. The maximum Gasteiger partial charge on any atom is 0.305 e. The van der Waals surface area contributed by atoms with Crippen LogP contribution < -0.4 is 5.32 Å². The molecule has 0 aromatic carbocycles. The maximum atomic E-state index is 12.4. The van der Waals surface area contributed by atoms with Crippen molar-refractivity contribution in [3.8, 4) is 0 Å². The van der Waals surface area contributed by atoms with Crippen molar-refractivity contribution in [1.29, 1.82) is 0 Å². The van der Waals surface area contributed by atoms with Crippen molar-refractivity contribution in [3.05, 3.63) is 24.3 Å². The summed E-state index contributed by atoms with van der Waals surface area (Å²) in [6, 6.07) is -0.635. The van der Waals surface area contributed by atoms with Crippen LogP contribution in [0.4, 0.5) is 0 Å². The van der Waals surface area contributed by atoms with Crippen molar-refractivity contribution in [3.63, 3.8) is 0 Å². The minimum absolute atomic E-state index is 0.00163. The first kappa shape index (κ1) is 57.3. The molecule has 59 heavy (non-hydrogen) atoms. The van der Waals surface area contributed by atoms with Gasteiger partial charge in [0.1, 0.15) is 0 Å². The normalized spacial score (nSPS) is 12.8. The Kier molecular flexibility index (Phi) is 47.6. The van der Waals surface area contributed by atoms with Gasteiger partial charge in [-0.1, -0.05) is 231 Å². The number of allylic oxidation sites excluding steroid dienone is 3. The fourth-order valence-electron chi connectivity index (χ4n) is 7.92. The summed E-state index contributed by atoms with van der Waals surface area (Å²) in [6.07, 6.45) is 57.5. The number of aliphatic hydroxyl groups is 2. The lowest BCUT2D eigenvalue weighted by molar-refractivity contribution is -0.143. The molecule has 0 aromatic heterocycles. The minimum atomic E-state index is -0.850. The summed E-state index contributed by atoms with van der Waals surface area (Å²) in [5.41, 5.74) is 0. The smallest absolute Gasteiger partial charge is 0.305 e. The van der Waals surface area contributed by atoms with Crippen LogP contribution in [0.15, 0.2) is 24.3 Å². The molecule has 1 amide bonds. The Morgan fingerprint density at radius 3 is 1.20 bits per heavy atom. The molecule has 0 spiro atoms. The average Bonchev–Trinajstić information content (AvgIpc) is 3.24. The number of nitrogens with one attached hydrogen (secondary N) is 1. The van der Waals surface area contributed by atoms with Gasteiger partial charge < -0.3 is 20.3 Å². The molecule has 0 saturated carbocycles. The molecule has 0 heterocycles. The molecule has 0 fully saturated rings. The summed E-state index contributed by atoms with van der Waals surface area (Å²) >= 11 is 0. The van der Waals surface area contributed by atoms with Crippen molar-refractivity contribution in [1.82, 2.24) is 5.32 Å². The molecule has 0 aliphatic rings. The van der Waals surface area contributed by atoms with Crippen molar-refractivity contribution in [2.45, 2.75) is 289 Å². The standard InChI is InChI=1S/C53H101NO5/c1-3-5-7-9-11-13-15-22-27-31-35-39-43-47-53(58)59-48-44-40-36-32-28-24-21-19-17-18-20-23-26-30-34-38-42-46-52(57)54-50(49-55)51(56)45-41-37-33-29-25-16-14-12-10-8-6-4-2/h17,19,41,45,50-51,55-56H,3-16,18,20-40,42-44,46-49H2,1-2H3,(H,54,57)/b19-17-,45-41+. The van der Waals surface area contributed by atoms with Crippen LogP contribution in [0.25, 0.3) is 0 Å². The molecule has 2 atom stereocenters. The zero-order valence-corrected chi connectivity index (χ0v) is 39.5. The Hall–Kier alpha value is -1.66. The van der Waals surface area contributed by atoms with E-state index < -0.39 is 12.1 Å². The van der Waals surface area contributed by atoms with Gasteiger partial charge >= 0.3 is 5.97 Å². The van der Waals surface area contributed by atoms with Crippen LogP contribution >= 0.6 is 0 Å². The van der Waals surface area contributed by atoms with Crippen molar-refractivity contribution >= 4 is 11.9 Å². The third-order valence-corrected chi connectivity index (χ3v) is 12.0. The fraction of sp³-hybridized carbons (Fsp3) is 0.887. The molecule has 0 aliphatic heterocycles. The van der Waals surface area contributed by atoms with Gasteiger partial charge in [0.05, 0.1) is 25.4 Å². The van der Waals surface area contributed by atoms with Gasteiger partial charge in [-0.05, 0) is 57.8 Å². The van der Waals surface area contributed by atoms with Gasteiger partial charge in [-0.2, -0.15) is 0 Å². The summed E-state index contributed by atoms with van der Waals surface area (Å²) < 4.78 is 5.46. The van der Waals surface area contributed by atoms with Gasteiger partial charge in [-0.15, -0.1) is 0 Å². The third kappa shape index (κ3) is 45.7. The average molecular weight is 832 g/mol. The first-order valence-electron chi connectivity index (χ1n) is 26.1. The molecule has 2 unspecified atom stereocenters. The van der Waals surface area contributed by atoms with Crippen LogP contribution in [0.2, 0.25) is 0 Å². The zero-order chi connectivity index (χ0) is 43.0. The van der Waals surface area contributed by atoms with Crippen LogP contribution in [0.5, 0.6) is 0 Å². The van der Waals surface area contributed by atoms with Crippen LogP contribution in [0, 0.1) is 0 Å². The van der Waals surface area contributed by atoms with Crippen LogP contribution in [-0.2, 0) is 14.3 Å². The predicted molar refractivity (Wildman–Crippen MR) is 255 cm³/mol. The van der Waals surface area contributed by atoms with Gasteiger partial charge in [0, 0.05) is 12.8 Å². The molecule has 6 nitrogen and oxygen atoms in total. The van der Waals surface area contributed by atoms with Crippen LogP contribution in [0.1, 0.15) is 277 Å². The monoisotopic (exact) mass is 832 g/mol. The summed E-state index contributed by atoms with van der Waals surface area (Å²) in [6.45, 7) is 4.87. The van der Waals surface area contributed by atoms with E-state index in [1.54, 1.807) is 6.08 Å². The Morgan fingerprint density at radius 1 is 0.458 bits per heavy atom. The second kappa shape index (κ2) is 49.0. The highest BCUT2D eigenvalue weighted by Crippen LogP contribution is 2.15. The largest absolute Gasteiger partial charge is 0.466 e. The minimum Gasteiger partial charge on any atom is -0.466 e. The van der Waals surface area contributed by atoms with Crippen LogP contribution in [-0.4, -0.2) is 47.4 Å². The number of unbranched alkanes of at least 4 members (excludes halogenated alkanes) is 35. The molecule has 0 saturated heterocycles. The van der Waals surface area contributed by atoms with Crippen molar-refractivity contribution in [2.75, 3.05) is 13.2 Å². The molecule has 0 aliphatic carbocycles. The lowest BCUT2D eigenvalue weighted by atomic mass is 10.0. The molecule has 0 aromatic rings. The van der Waals surface area contributed by atoms with E-state index in [0.29, 0.717) is 19.4 Å². The first-order chi connectivity index (χ1) is 29.0. The third-order valence-electron chi connectivity index (χ3n) is 12.0. The van der Waals surface area contributed by atoms with E-state index in [1.807, 2.05) is 6.08 Å². The molecule has 0 bridgehead atoms. The van der Waals surface area contributed by atoms with E-state index in [1.165, 1.54) is 193 Å². The number of carbonyl (C=O) groups is 2. The summed E-state index contributed by atoms with van der Waals surface area (Å²) in [7, 11) is 0. The molecule has 6 heteroatoms. The number of hydrogen-bond donors (Lipinski definition) is 3. The number of esters is 1. The summed E-state index contributed by atoms with van der Waals surface area (Å²) in [4.78, 5) is 24.4. The molecular formula is C53H101NO5. The second-order valence-corrected chi connectivity index (χ2v) is 17.9. The van der Waals surface area contributed by atoms with E-state index in [0.717, 1.165) is 57.8 Å². The number of ether oxygens (including phenoxy) is 1. The van der Waals surface area contributed by atoms with Gasteiger partial charge in [0.15, 0.2) is 0 Å². The van der Waals surface area contributed by atoms with E-state index >= 15 is 0 Å². The highest BCUT2D eigenvalue weighted by Gasteiger charge is 2.18. The lowest BCUT2D eigenvalue weighted by Crippen LogP contribution is -2.45. The quantitative estimate of drug-likeness (QED) is 0.0322. The predicted octanol–water partition coefficient (Wildman–Crippen LogP) is 15.5. The molecular weight excluding hydrogens is 731 g/mol. The Morgan fingerprint density at radius 2 is 0.797 bits per heavy atom. The van der Waals surface area contributed by atoms with E-state index in [9.17, 15) is 19.8 Å². The van der Waals surface area contributed by atoms with E-state index in [4.69, 9.17) is 4.74 Å². The highest BCUT2D eigenvalue weighted by molar-refractivity contribution is 5.76. The number of aliphatic hydroxyl groups excluding tert-OH is 2. The van der Waals surface area contributed by atoms with E-state index in [-0.39, 0.29) is 18.5 Å². The first-order valence-corrected chi connectivity index (χ1v) is 26.1. The van der Waals surface area contributed by atoms with Crippen LogP contribution in [0.3, 0.4) is 0 Å². The summed E-state index contributed by atoms with van der Waals surface area (Å²) in [5, 5.41) is 23.0. The highest BCUT2D eigenvalue weighted by atomic mass is 16.5. The number of carbonyl (C=O) groups excluding carboxylic acids is 2. The van der Waals surface area contributed by atoms with Gasteiger partial charge in [0.25, 0.3) is 0 Å². The Balaban J connectivity index is 3.47. The number of rotatable bonds is 48. The molecule has 3 N–H and O–H groups in total. The van der Waals surface area contributed by atoms with Gasteiger partial charge in [-0.25, -0.2) is 0 Å². The molecule has 348 valence electrons. The Bertz CT molecular complexity index is 920. The van der Waals surface area contributed by atoms with E-state index in [2.05, 4.69) is 31.3 Å². The van der Waals surface area contributed by atoms with Gasteiger partial charge in [-0.3, -0.25) is 9.59 Å². The Labute approximate surface area is 367 Å². The van der Waals surface area contributed by atoms with Gasteiger partial charge in [0.2, 0.25) is 5.91 Å². The van der Waals surface area contributed by atoms with Crippen molar-refractivity contribution < 1.29 is 24.5 Å². The maximum absolute atomic E-state index is 12.4. The SMILES string of the molecule is CCCCCCCCCCCC/C=C/C(O)C(CO)NC(=O)CCCCCCCCC/C=C\CCCCCCCCOC(=O)CCCCCCCCCCCCCCC. The van der Waals surface area contributed by atoms with Crippen molar-refractivity contribution in [2.24, 2.45) is 0 Å².